The van der Waals surface area contributed by atoms with Crippen molar-refractivity contribution >= 4 is 40.8 Å². The number of hydrogen-bond donors (Lipinski definition) is 3. The van der Waals surface area contributed by atoms with Crippen molar-refractivity contribution in [2.45, 2.75) is 10.9 Å². The van der Waals surface area contributed by atoms with Crippen LogP contribution in [0.5, 0.6) is 0 Å². The molecule has 7 nitrogen and oxygen atoms in total. The molecular weight excluding hydrogens is 383 g/mol. The summed E-state index contributed by atoms with van der Waals surface area (Å²) < 4.78 is 18.7. The molecule has 26 heavy (non-hydrogen) atoms. The second-order valence-electron chi connectivity index (χ2n) is 5.05. The molecule has 3 aromatic rings. The van der Waals surface area contributed by atoms with E-state index in [1.54, 1.807) is 6.07 Å². The number of nitrogens with one attached hydrogen (secondary N) is 2. The Labute approximate surface area is 155 Å². The van der Waals surface area contributed by atoms with Gasteiger partial charge in [0, 0.05) is 16.3 Å². The molecule has 0 atom stereocenters. The average molecular weight is 395 g/mol. The predicted molar refractivity (Wildman–Crippen MR) is 96.9 cm³/mol. The number of carbonyl (C=O) groups is 1. The molecule has 0 radical (unpaired) electrons. The zero-order chi connectivity index (χ0) is 18.7. The van der Waals surface area contributed by atoms with Crippen LogP contribution in [0.4, 0.5) is 15.9 Å². The van der Waals surface area contributed by atoms with Crippen molar-refractivity contribution in [2.75, 3.05) is 11.1 Å². The van der Waals surface area contributed by atoms with Crippen molar-refractivity contribution in [3.05, 3.63) is 69.1 Å². The minimum atomic E-state index is -0.639. The van der Waals surface area contributed by atoms with Crippen LogP contribution in [0.1, 0.15) is 16.1 Å². The van der Waals surface area contributed by atoms with E-state index in [-0.39, 0.29) is 38.8 Å². The number of nitrogens with zero attached hydrogens (tertiary/aromatic N) is 1. The Balaban J connectivity index is 1.77. The Bertz CT molecular complexity index is 987. The fourth-order valence-electron chi connectivity index (χ4n) is 2.05. The number of amides is 1. The number of hydrogen-bond acceptors (Lipinski definition) is 6. The van der Waals surface area contributed by atoms with Gasteiger partial charge >= 0.3 is 0 Å². The monoisotopic (exact) mass is 394 g/mol. The minimum absolute atomic E-state index is 0.0245. The van der Waals surface area contributed by atoms with Crippen LogP contribution in [-0.4, -0.2) is 15.9 Å². The molecule has 0 aliphatic heterocycles. The first-order valence-electron chi connectivity index (χ1n) is 7.26. The summed E-state index contributed by atoms with van der Waals surface area (Å²) in [5.41, 5.74) is 5.22. The molecule has 0 aliphatic carbocycles. The van der Waals surface area contributed by atoms with E-state index in [1.807, 2.05) is 0 Å². The lowest BCUT2D eigenvalue weighted by molar-refractivity contribution is 0.0996. The number of halogens is 2. The molecule has 1 amide bonds. The number of nitrogens with two attached hydrogens (primary N) is 1. The highest BCUT2D eigenvalue weighted by Crippen LogP contribution is 2.27. The first kappa shape index (κ1) is 18.0. The van der Waals surface area contributed by atoms with Crippen LogP contribution in [0.25, 0.3) is 0 Å². The Hall–Kier alpha value is -2.78. The van der Waals surface area contributed by atoms with Gasteiger partial charge in [-0.3, -0.25) is 14.6 Å². The van der Waals surface area contributed by atoms with Crippen LogP contribution in [-0.2, 0) is 5.75 Å². The summed E-state index contributed by atoms with van der Waals surface area (Å²) in [5.74, 6) is -1.09. The van der Waals surface area contributed by atoms with Crippen molar-refractivity contribution in [1.82, 2.24) is 9.97 Å². The number of H-pyrrole nitrogens is 1. The Morgan fingerprint density at radius 2 is 2.19 bits per heavy atom. The molecule has 0 unspecified atom stereocenters. The molecule has 0 spiro atoms. The number of anilines is 2. The third kappa shape index (κ3) is 3.89. The molecule has 0 saturated heterocycles. The van der Waals surface area contributed by atoms with Crippen LogP contribution in [0.3, 0.4) is 0 Å². The largest absolute Gasteiger partial charge is 0.459 e. The topological polar surface area (TPSA) is 114 Å². The lowest BCUT2D eigenvalue weighted by atomic mass is 10.2. The fraction of sp³-hybridized carbons (Fsp3) is 0.0625. The summed E-state index contributed by atoms with van der Waals surface area (Å²) in [7, 11) is 0. The Morgan fingerprint density at radius 1 is 1.38 bits per heavy atom. The first-order chi connectivity index (χ1) is 12.5. The lowest BCUT2D eigenvalue weighted by Gasteiger charge is -2.08. The molecule has 3 rings (SSSR count). The van der Waals surface area contributed by atoms with E-state index in [0.717, 1.165) is 11.8 Å². The molecule has 2 aromatic heterocycles. The van der Waals surface area contributed by atoms with Gasteiger partial charge in [-0.25, -0.2) is 9.37 Å². The Morgan fingerprint density at radius 3 is 2.85 bits per heavy atom. The summed E-state index contributed by atoms with van der Waals surface area (Å²) in [6.07, 6.45) is 1.33. The molecule has 2 heterocycles. The van der Waals surface area contributed by atoms with Gasteiger partial charge in [0.1, 0.15) is 5.82 Å². The van der Waals surface area contributed by atoms with Gasteiger partial charge in [-0.2, -0.15) is 0 Å². The predicted octanol–water partition coefficient (Wildman–Crippen LogP) is 3.28. The van der Waals surface area contributed by atoms with Gasteiger partial charge in [-0.05, 0) is 24.3 Å². The zero-order valence-electron chi connectivity index (χ0n) is 13.1. The third-order valence-corrected chi connectivity index (χ3v) is 4.58. The fourth-order valence-corrected chi connectivity index (χ4v) is 3.26. The number of furan rings is 1. The second-order valence-corrected chi connectivity index (χ2v) is 6.42. The van der Waals surface area contributed by atoms with Gasteiger partial charge < -0.3 is 15.5 Å². The van der Waals surface area contributed by atoms with Crippen molar-refractivity contribution in [2.24, 2.45) is 0 Å². The van der Waals surface area contributed by atoms with Crippen molar-refractivity contribution < 1.29 is 13.6 Å². The molecule has 0 aliphatic rings. The maximum atomic E-state index is 13.8. The van der Waals surface area contributed by atoms with E-state index >= 15 is 0 Å². The number of aromatic amines is 1. The lowest BCUT2D eigenvalue weighted by Crippen LogP contribution is -2.22. The molecule has 0 fully saturated rings. The highest BCUT2D eigenvalue weighted by Gasteiger charge is 2.16. The second kappa shape index (κ2) is 7.63. The third-order valence-electron chi connectivity index (χ3n) is 3.32. The zero-order valence-corrected chi connectivity index (χ0v) is 14.7. The van der Waals surface area contributed by atoms with Crippen LogP contribution in [0.2, 0.25) is 5.02 Å². The van der Waals surface area contributed by atoms with Gasteiger partial charge in [0.2, 0.25) is 0 Å². The van der Waals surface area contributed by atoms with Crippen molar-refractivity contribution in [1.29, 1.82) is 0 Å². The van der Waals surface area contributed by atoms with Crippen LogP contribution in [0, 0.1) is 5.82 Å². The summed E-state index contributed by atoms with van der Waals surface area (Å²) in [5, 5.41) is 2.79. The standard InChI is InChI=1S/C16H12ClFN4O3S/c17-9-3-1-4-10(18)8(9)7-26-16-21-13(19)12(15(24)22-16)20-14(23)11-5-2-6-25-11/h1-6H,7H2,(H,20,23)(H3,19,21,22,24). The molecule has 4 N–H and O–H groups in total. The quantitative estimate of drug-likeness (QED) is 0.452. The molecule has 0 bridgehead atoms. The normalized spacial score (nSPS) is 10.7. The molecular formula is C16H12ClFN4O3S. The van der Waals surface area contributed by atoms with Crippen LogP contribution in [0.15, 0.2) is 51.0 Å². The molecule has 1 aromatic carbocycles. The van der Waals surface area contributed by atoms with Crippen LogP contribution >= 0.6 is 23.4 Å². The SMILES string of the molecule is Nc1nc(SCc2c(F)cccc2Cl)[nH]c(=O)c1NC(=O)c1ccco1. The van der Waals surface area contributed by atoms with Gasteiger partial charge in [0.15, 0.2) is 22.4 Å². The van der Waals surface area contributed by atoms with Crippen LogP contribution < -0.4 is 16.6 Å². The molecule has 0 saturated carbocycles. The van der Waals surface area contributed by atoms with Crippen molar-refractivity contribution in [3.63, 3.8) is 0 Å². The molecule has 134 valence electrons. The minimum Gasteiger partial charge on any atom is -0.459 e. The van der Waals surface area contributed by atoms with E-state index in [4.69, 9.17) is 21.8 Å². The Kier molecular flexibility index (Phi) is 5.29. The number of carbonyl (C=O) groups excluding carboxylic acids is 1. The maximum Gasteiger partial charge on any atom is 0.291 e. The van der Waals surface area contributed by atoms with Gasteiger partial charge in [-0.1, -0.05) is 29.4 Å². The van der Waals surface area contributed by atoms with E-state index in [2.05, 4.69) is 15.3 Å². The highest BCUT2D eigenvalue weighted by atomic mass is 35.5. The van der Waals surface area contributed by atoms with E-state index in [1.165, 1.54) is 30.5 Å². The summed E-state index contributed by atoms with van der Waals surface area (Å²) >= 11 is 7.02. The summed E-state index contributed by atoms with van der Waals surface area (Å²) in [6, 6.07) is 7.34. The van der Waals surface area contributed by atoms with Gasteiger partial charge in [-0.15, -0.1) is 0 Å². The highest BCUT2D eigenvalue weighted by molar-refractivity contribution is 7.98. The number of nitrogen functional groups attached to an aromatic ring is 1. The number of thioether (sulfide) groups is 1. The van der Waals surface area contributed by atoms with E-state index in [9.17, 15) is 14.0 Å². The molecule has 10 heteroatoms. The van der Waals surface area contributed by atoms with E-state index in [0.29, 0.717) is 0 Å². The van der Waals surface area contributed by atoms with Gasteiger partial charge in [0.25, 0.3) is 11.5 Å². The number of benzene rings is 1. The maximum absolute atomic E-state index is 13.8. The average Bonchev–Trinajstić information content (AvgIpc) is 3.12. The number of aromatic nitrogens is 2. The van der Waals surface area contributed by atoms with Gasteiger partial charge in [0.05, 0.1) is 6.26 Å². The number of rotatable bonds is 5. The first-order valence-corrected chi connectivity index (χ1v) is 8.62. The van der Waals surface area contributed by atoms with E-state index < -0.39 is 17.3 Å². The van der Waals surface area contributed by atoms with Crippen molar-refractivity contribution in [3.8, 4) is 0 Å². The summed E-state index contributed by atoms with van der Waals surface area (Å²) in [4.78, 5) is 30.6. The summed E-state index contributed by atoms with van der Waals surface area (Å²) in [6.45, 7) is 0. The smallest absolute Gasteiger partial charge is 0.291 e.